The molecule has 0 spiro atoms. The summed E-state index contributed by atoms with van der Waals surface area (Å²) in [4.78, 5) is 4.00. The standard InChI is InChI=1S/C13H16FN3O/c1-9(15)12-5-10(14)3-4-13(12)18-7-11-6-16-8-17(11)2/h3-6,8-9H,7,15H2,1-2H3/t9-/m0/s1. The van der Waals surface area contributed by atoms with Crippen molar-refractivity contribution in [3.05, 3.63) is 47.8 Å². The van der Waals surface area contributed by atoms with Gasteiger partial charge in [0.05, 0.1) is 18.2 Å². The first-order chi connectivity index (χ1) is 8.58. The third-order valence-electron chi connectivity index (χ3n) is 2.75. The van der Waals surface area contributed by atoms with Gasteiger partial charge in [-0.3, -0.25) is 0 Å². The molecule has 0 radical (unpaired) electrons. The zero-order valence-electron chi connectivity index (χ0n) is 10.4. The van der Waals surface area contributed by atoms with Crippen LogP contribution in [-0.4, -0.2) is 9.55 Å². The van der Waals surface area contributed by atoms with Gasteiger partial charge in [-0.1, -0.05) is 0 Å². The number of nitrogens with two attached hydrogens (primary N) is 1. The van der Waals surface area contributed by atoms with E-state index in [0.717, 1.165) is 5.69 Å². The lowest BCUT2D eigenvalue weighted by Crippen LogP contribution is -2.09. The molecule has 0 unspecified atom stereocenters. The molecule has 1 atom stereocenters. The quantitative estimate of drug-likeness (QED) is 0.903. The molecular formula is C13H16FN3O. The lowest BCUT2D eigenvalue weighted by Gasteiger charge is -2.14. The van der Waals surface area contributed by atoms with E-state index < -0.39 is 0 Å². The fourth-order valence-corrected chi connectivity index (χ4v) is 1.68. The van der Waals surface area contributed by atoms with Gasteiger partial charge in [-0.25, -0.2) is 9.37 Å². The van der Waals surface area contributed by atoms with Crippen molar-refractivity contribution >= 4 is 0 Å². The molecule has 0 aliphatic heterocycles. The summed E-state index contributed by atoms with van der Waals surface area (Å²) in [5.41, 5.74) is 7.40. The highest BCUT2D eigenvalue weighted by Crippen LogP contribution is 2.25. The van der Waals surface area contributed by atoms with Crippen LogP contribution in [0.5, 0.6) is 5.75 Å². The Morgan fingerprint density at radius 2 is 2.28 bits per heavy atom. The predicted octanol–water partition coefficient (Wildman–Crippen LogP) is 2.16. The zero-order chi connectivity index (χ0) is 13.1. The van der Waals surface area contributed by atoms with Crippen molar-refractivity contribution in [3.8, 4) is 5.75 Å². The molecular weight excluding hydrogens is 233 g/mol. The van der Waals surface area contributed by atoms with E-state index in [9.17, 15) is 4.39 Å². The van der Waals surface area contributed by atoms with Gasteiger partial charge in [0.2, 0.25) is 0 Å². The molecule has 0 bridgehead atoms. The summed E-state index contributed by atoms with van der Waals surface area (Å²) in [5.74, 6) is 0.294. The first-order valence-corrected chi connectivity index (χ1v) is 5.71. The number of hydrogen-bond donors (Lipinski definition) is 1. The fourth-order valence-electron chi connectivity index (χ4n) is 1.68. The van der Waals surface area contributed by atoms with Gasteiger partial charge in [-0.15, -0.1) is 0 Å². The van der Waals surface area contributed by atoms with E-state index in [1.54, 1.807) is 25.5 Å². The Kier molecular flexibility index (Phi) is 3.62. The van der Waals surface area contributed by atoms with Crippen LogP contribution < -0.4 is 10.5 Å². The van der Waals surface area contributed by atoms with Crippen molar-refractivity contribution < 1.29 is 9.13 Å². The van der Waals surface area contributed by atoms with E-state index in [-0.39, 0.29) is 11.9 Å². The molecule has 96 valence electrons. The summed E-state index contributed by atoms with van der Waals surface area (Å²) >= 11 is 0. The largest absolute Gasteiger partial charge is 0.487 e. The van der Waals surface area contributed by atoms with Gasteiger partial charge < -0.3 is 15.0 Å². The number of benzene rings is 1. The van der Waals surface area contributed by atoms with Crippen LogP contribution in [0.4, 0.5) is 4.39 Å². The van der Waals surface area contributed by atoms with Gasteiger partial charge in [-0.05, 0) is 25.1 Å². The van der Waals surface area contributed by atoms with E-state index in [4.69, 9.17) is 10.5 Å². The Bertz CT molecular complexity index is 537. The fraction of sp³-hybridized carbons (Fsp3) is 0.308. The van der Waals surface area contributed by atoms with Crippen LogP contribution >= 0.6 is 0 Å². The molecule has 0 aliphatic carbocycles. The Hall–Kier alpha value is -1.88. The van der Waals surface area contributed by atoms with Gasteiger partial charge in [0, 0.05) is 18.7 Å². The van der Waals surface area contributed by atoms with E-state index in [1.165, 1.54) is 12.1 Å². The van der Waals surface area contributed by atoms with Crippen LogP contribution in [-0.2, 0) is 13.7 Å². The maximum Gasteiger partial charge on any atom is 0.130 e. The average Bonchev–Trinajstić information content (AvgIpc) is 2.73. The SMILES string of the molecule is C[C@H](N)c1cc(F)ccc1OCc1cncn1C. The Morgan fingerprint density at radius 3 is 2.89 bits per heavy atom. The Balaban J connectivity index is 2.16. The first-order valence-electron chi connectivity index (χ1n) is 5.71. The Morgan fingerprint density at radius 1 is 1.50 bits per heavy atom. The number of halogens is 1. The molecule has 1 aromatic carbocycles. The van der Waals surface area contributed by atoms with Gasteiger partial charge >= 0.3 is 0 Å². The molecule has 1 aromatic heterocycles. The highest BCUT2D eigenvalue weighted by molar-refractivity contribution is 5.36. The minimum atomic E-state index is -0.310. The number of hydrogen-bond acceptors (Lipinski definition) is 3. The van der Waals surface area contributed by atoms with E-state index in [0.29, 0.717) is 17.9 Å². The number of rotatable bonds is 4. The smallest absolute Gasteiger partial charge is 0.130 e. The number of nitrogens with zero attached hydrogens (tertiary/aromatic N) is 2. The normalized spacial score (nSPS) is 12.4. The summed E-state index contributed by atoms with van der Waals surface area (Å²) in [6, 6.07) is 4.10. The van der Waals surface area contributed by atoms with E-state index >= 15 is 0 Å². The third kappa shape index (κ3) is 2.68. The highest BCUT2D eigenvalue weighted by Gasteiger charge is 2.10. The minimum Gasteiger partial charge on any atom is -0.487 e. The number of aryl methyl sites for hydroxylation is 1. The summed E-state index contributed by atoms with van der Waals surface area (Å²) in [6.07, 6.45) is 3.44. The number of ether oxygens (including phenoxy) is 1. The maximum atomic E-state index is 13.2. The van der Waals surface area contributed by atoms with Gasteiger partial charge in [0.15, 0.2) is 0 Å². The second-order valence-corrected chi connectivity index (χ2v) is 4.26. The summed E-state index contributed by atoms with van der Waals surface area (Å²) in [6.45, 7) is 2.17. The maximum absolute atomic E-state index is 13.2. The van der Waals surface area contributed by atoms with Crippen molar-refractivity contribution in [1.29, 1.82) is 0 Å². The van der Waals surface area contributed by atoms with Crippen molar-refractivity contribution in [3.63, 3.8) is 0 Å². The molecule has 18 heavy (non-hydrogen) atoms. The van der Waals surface area contributed by atoms with Crippen molar-refractivity contribution in [2.24, 2.45) is 12.8 Å². The van der Waals surface area contributed by atoms with Crippen LogP contribution in [0.2, 0.25) is 0 Å². The van der Waals surface area contributed by atoms with Gasteiger partial charge in [0.25, 0.3) is 0 Å². The second-order valence-electron chi connectivity index (χ2n) is 4.26. The van der Waals surface area contributed by atoms with Crippen molar-refractivity contribution in [2.45, 2.75) is 19.6 Å². The Labute approximate surface area is 105 Å². The van der Waals surface area contributed by atoms with Crippen LogP contribution in [0.3, 0.4) is 0 Å². The summed E-state index contributed by atoms with van der Waals surface area (Å²) in [7, 11) is 1.89. The van der Waals surface area contributed by atoms with E-state index in [2.05, 4.69) is 4.98 Å². The summed E-state index contributed by atoms with van der Waals surface area (Å²) < 4.78 is 20.7. The molecule has 0 amide bonds. The minimum absolute atomic E-state index is 0.276. The molecule has 5 heteroatoms. The number of aromatic nitrogens is 2. The highest BCUT2D eigenvalue weighted by atomic mass is 19.1. The molecule has 2 aromatic rings. The molecule has 0 saturated heterocycles. The van der Waals surface area contributed by atoms with Crippen LogP contribution in [0.15, 0.2) is 30.7 Å². The predicted molar refractivity (Wildman–Crippen MR) is 66.5 cm³/mol. The second kappa shape index (κ2) is 5.18. The number of imidazole rings is 1. The summed E-state index contributed by atoms with van der Waals surface area (Å²) in [5, 5.41) is 0. The molecule has 2 N–H and O–H groups in total. The molecule has 0 fully saturated rings. The molecule has 2 rings (SSSR count). The van der Waals surface area contributed by atoms with Crippen molar-refractivity contribution in [2.75, 3.05) is 0 Å². The lowest BCUT2D eigenvalue weighted by atomic mass is 10.1. The third-order valence-corrected chi connectivity index (χ3v) is 2.75. The van der Waals surface area contributed by atoms with Gasteiger partial charge in [-0.2, -0.15) is 0 Å². The van der Waals surface area contributed by atoms with Gasteiger partial charge in [0.1, 0.15) is 18.2 Å². The molecule has 0 saturated carbocycles. The monoisotopic (exact) mass is 249 g/mol. The van der Waals surface area contributed by atoms with Crippen LogP contribution in [0, 0.1) is 5.82 Å². The van der Waals surface area contributed by atoms with Crippen LogP contribution in [0.1, 0.15) is 24.2 Å². The van der Waals surface area contributed by atoms with Crippen molar-refractivity contribution in [1.82, 2.24) is 9.55 Å². The molecule has 1 heterocycles. The molecule has 4 nitrogen and oxygen atoms in total. The topological polar surface area (TPSA) is 53.1 Å². The zero-order valence-corrected chi connectivity index (χ0v) is 10.4. The first kappa shape index (κ1) is 12.6. The van der Waals surface area contributed by atoms with Crippen LogP contribution in [0.25, 0.3) is 0 Å². The van der Waals surface area contributed by atoms with E-state index in [1.807, 2.05) is 11.6 Å². The average molecular weight is 249 g/mol. The lowest BCUT2D eigenvalue weighted by molar-refractivity contribution is 0.292. The molecule has 0 aliphatic rings.